The molecule has 0 aliphatic rings. The summed E-state index contributed by atoms with van der Waals surface area (Å²) in [7, 11) is 0. The Bertz CT molecular complexity index is 3680. The van der Waals surface area contributed by atoms with Crippen LogP contribution in [0.4, 0.5) is 0 Å². The lowest BCUT2D eigenvalue weighted by molar-refractivity contribution is -0.606. The highest BCUT2D eigenvalue weighted by Gasteiger charge is 2.30. The van der Waals surface area contributed by atoms with Gasteiger partial charge in [-0.05, 0) is 119 Å². The van der Waals surface area contributed by atoms with Crippen molar-refractivity contribution in [2.75, 3.05) is 0 Å². The molecule has 3 aromatic heterocycles. The molecule has 0 bridgehead atoms. The van der Waals surface area contributed by atoms with Crippen LogP contribution < -0.4 is 9.30 Å². The lowest BCUT2D eigenvalue weighted by Crippen LogP contribution is -2.34. The first-order valence-electron chi connectivity index (χ1n) is 25.0. The van der Waals surface area contributed by atoms with Gasteiger partial charge in [0, 0.05) is 39.3 Å². The number of hydrogen-bond donors (Lipinski definition) is 0. The van der Waals surface area contributed by atoms with Crippen LogP contribution in [0.1, 0.15) is 86.3 Å². The molecule has 5 heteroatoms. The van der Waals surface area contributed by atoms with Crippen molar-refractivity contribution in [3.8, 4) is 39.8 Å². The number of ether oxygens (including phenoxy) is 1. The minimum atomic E-state index is -0.266. The third kappa shape index (κ3) is 8.29. The minimum Gasteiger partial charge on any atom is -0.458 e. The summed E-state index contributed by atoms with van der Waals surface area (Å²) in [4.78, 5) is 5.01. The Morgan fingerprint density at radius 1 is 0.444 bits per heavy atom. The van der Waals surface area contributed by atoms with E-state index in [0.29, 0.717) is 0 Å². The summed E-state index contributed by atoms with van der Waals surface area (Å²) in [6, 6.07) is 75.9. The number of para-hydroxylation sites is 1. The maximum absolute atomic E-state index is 7.02. The predicted octanol–water partition coefficient (Wildman–Crippen LogP) is 16.1. The molecule has 8 aromatic carbocycles. The van der Waals surface area contributed by atoms with Crippen molar-refractivity contribution in [1.82, 2.24) is 14.1 Å². The van der Waals surface area contributed by atoms with E-state index in [2.05, 4.69) is 288 Å². The van der Waals surface area contributed by atoms with Gasteiger partial charge in [0.2, 0.25) is 0 Å². The standard InChI is InChI=1S/C67H60N4O/c1-46-47(2)70(57-40-54(66(5,6)51-27-17-11-18-28-51)39-55(41-57)67(7,8)52-29-19-12-20-30-52)45-69(46)56-37-49(48-23-13-9-14-24-48)38-59(43-56)72-58-33-34-61-60-31-21-22-32-62(60)71(63(61)44-58)64-42-53(35-36-68-64)65(3,4)50-25-15-10-16-26-50/h9-44H,1-8H3. The molecule has 5 nitrogen and oxygen atoms in total. The van der Waals surface area contributed by atoms with E-state index in [1.54, 1.807) is 0 Å². The van der Waals surface area contributed by atoms with E-state index in [1.165, 1.54) is 33.4 Å². The lowest BCUT2D eigenvalue weighted by atomic mass is 9.73. The average Bonchev–Trinajstić information content (AvgIpc) is 3.91. The Morgan fingerprint density at radius 3 is 1.60 bits per heavy atom. The van der Waals surface area contributed by atoms with E-state index in [9.17, 15) is 0 Å². The molecular weight excluding hydrogens is 877 g/mol. The fraction of sp³-hybridized carbons (Fsp3) is 0.164. The first-order chi connectivity index (χ1) is 34.8. The quantitative estimate of drug-likeness (QED) is 0.0904. The molecule has 0 spiro atoms. The predicted molar refractivity (Wildman–Crippen MR) is 295 cm³/mol. The maximum atomic E-state index is 7.02. The maximum Gasteiger partial charge on any atom is 0.269 e. The van der Waals surface area contributed by atoms with E-state index in [-0.39, 0.29) is 16.2 Å². The van der Waals surface area contributed by atoms with E-state index in [1.807, 2.05) is 6.20 Å². The van der Waals surface area contributed by atoms with Crippen molar-refractivity contribution in [2.24, 2.45) is 0 Å². The normalized spacial score (nSPS) is 12.2. The van der Waals surface area contributed by atoms with Gasteiger partial charge in [0.05, 0.1) is 33.8 Å². The highest BCUT2D eigenvalue weighted by Crippen LogP contribution is 2.41. The van der Waals surface area contributed by atoms with Gasteiger partial charge in [0.25, 0.3) is 6.33 Å². The number of hydrogen-bond acceptors (Lipinski definition) is 2. The molecule has 0 saturated heterocycles. The van der Waals surface area contributed by atoms with Gasteiger partial charge in [0.1, 0.15) is 17.3 Å². The fourth-order valence-electron chi connectivity index (χ4n) is 10.5. The van der Waals surface area contributed by atoms with Crippen LogP contribution in [0.25, 0.3) is 50.1 Å². The van der Waals surface area contributed by atoms with Crippen molar-refractivity contribution in [3.05, 3.63) is 270 Å². The van der Waals surface area contributed by atoms with Crippen LogP contribution in [0.5, 0.6) is 11.5 Å². The summed E-state index contributed by atoms with van der Waals surface area (Å²) in [6.07, 6.45) is 5.78. The minimum absolute atomic E-state index is 0.230. The molecule has 11 rings (SSSR count). The fourth-order valence-corrected chi connectivity index (χ4v) is 10.5. The molecule has 0 N–H and O–H groups in total. The molecule has 0 aliphatic carbocycles. The summed E-state index contributed by atoms with van der Waals surface area (Å²) in [5.74, 6) is 2.32. The van der Waals surface area contributed by atoms with Crippen molar-refractivity contribution >= 4 is 21.8 Å². The van der Waals surface area contributed by atoms with E-state index in [0.717, 1.165) is 73.0 Å². The Kier molecular flexibility index (Phi) is 11.6. The first kappa shape index (κ1) is 46.1. The molecular formula is C67H60N4O. The molecule has 0 amide bonds. The van der Waals surface area contributed by atoms with Crippen LogP contribution >= 0.6 is 0 Å². The number of benzene rings is 8. The van der Waals surface area contributed by atoms with Crippen molar-refractivity contribution in [3.63, 3.8) is 0 Å². The van der Waals surface area contributed by atoms with Gasteiger partial charge in [-0.1, -0.05) is 187 Å². The van der Waals surface area contributed by atoms with Gasteiger partial charge in [0.15, 0.2) is 0 Å². The Morgan fingerprint density at radius 2 is 0.986 bits per heavy atom. The number of pyridine rings is 1. The highest BCUT2D eigenvalue weighted by atomic mass is 16.5. The second kappa shape index (κ2) is 18.2. The zero-order chi connectivity index (χ0) is 49.8. The largest absolute Gasteiger partial charge is 0.458 e. The Balaban J connectivity index is 1.02. The molecule has 0 aliphatic heterocycles. The number of aromatic nitrogens is 4. The van der Waals surface area contributed by atoms with Crippen LogP contribution in [0.2, 0.25) is 0 Å². The molecule has 72 heavy (non-hydrogen) atoms. The summed E-state index contributed by atoms with van der Waals surface area (Å²) >= 11 is 0. The average molecular weight is 937 g/mol. The smallest absolute Gasteiger partial charge is 0.269 e. The van der Waals surface area contributed by atoms with Crippen molar-refractivity contribution in [2.45, 2.75) is 71.6 Å². The van der Waals surface area contributed by atoms with E-state index >= 15 is 0 Å². The third-order valence-corrected chi connectivity index (χ3v) is 15.3. The highest BCUT2D eigenvalue weighted by molar-refractivity contribution is 6.09. The molecule has 0 radical (unpaired) electrons. The second-order valence-electron chi connectivity index (χ2n) is 20.8. The zero-order valence-electron chi connectivity index (χ0n) is 42.5. The first-order valence-corrected chi connectivity index (χ1v) is 25.0. The van der Waals surface area contributed by atoms with Crippen LogP contribution in [0.3, 0.4) is 0 Å². The van der Waals surface area contributed by atoms with Crippen molar-refractivity contribution < 1.29 is 9.30 Å². The van der Waals surface area contributed by atoms with Crippen LogP contribution in [0, 0.1) is 20.2 Å². The summed E-state index contributed by atoms with van der Waals surface area (Å²) in [6.45, 7) is 18.2. The van der Waals surface area contributed by atoms with Gasteiger partial charge in [-0.25, -0.2) is 4.98 Å². The summed E-state index contributed by atoms with van der Waals surface area (Å²) in [5.41, 5.74) is 15.2. The summed E-state index contributed by atoms with van der Waals surface area (Å²) in [5, 5.41) is 2.30. The van der Waals surface area contributed by atoms with E-state index in [4.69, 9.17) is 9.72 Å². The Hall–Kier alpha value is -8.28. The Labute approximate surface area is 424 Å². The third-order valence-electron chi connectivity index (χ3n) is 15.3. The topological polar surface area (TPSA) is 35.9 Å². The molecule has 354 valence electrons. The monoisotopic (exact) mass is 936 g/mol. The van der Waals surface area contributed by atoms with Gasteiger partial charge in [-0.2, -0.15) is 0 Å². The molecule has 0 fully saturated rings. The lowest BCUT2D eigenvalue weighted by Gasteiger charge is -2.32. The van der Waals surface area contributed by atoms with Gasteiger partial charge < -0.3 is 4.74 Å². The SMILES string of the molecule is Cc1c(C)[n+](-c2cc(C(C)(C)c3ccccc3)cc(C(C)(C)c3ccccc3)c2)[c-]n1-c1cc(Oc2ccc3c4ccccc4n(-c4cc(C(C)(C)c5ccccc5)ccn4)c3c2)cc(-c2ccccc2)c1. The van der Waals surface area contributed by atoms with Crippen LogP contribution in [-0.4, -0.2) is 14.1 Å². The van der Waals surface area contributed by atoms with Gasteiger partial charge in [-0.15, -0.1) is 0 Å². The number of imidazole rings is 1. The van der Waals surface area contributed by atoms with Gasteiger partial charge in [-0.3, -0.25) is 13.7 Å². The molecule has 3 heterocycles. The van der Waals surface area contributed by atoms with Gasteiger partial charge >= 0.3 is 0 Å². The van der Waals surface area contributed by atoms with Crippen molar-refractivity contribution in [1.29, 1.82) is 0 Å². The molecule has 0 atom stereocenters. The van der Waals surface area contributed by atoms with Crippen LogP contribution in [-0.2, 0) is 16.2 Å². The zero-order valence-corrected chi connectivity index (χ0v) is 42.5. The number of rotatable bonds is 12. The summed E-state index contributed by atoms with van der Waals surface area (Å²) < 4.78 is 13.7. The molecule has 11 aromatic rings. The number of nitrogens with zero attached hydrogens (tertiary/aromatic N) is 4. The molecule has 0 unspecified atom stereocenters. The molecule has 0 saturated carbocycles. The van der Waals surface area contributed by atoms with Crippen LogP contribution in [0.15, 0.2) is 219 Å². The number of fused-ring (bicyclic) bond motifs is 3. The van der Waals surface area contributed by atoms with E-state index < -0.39 is 0 Å². The second-order valence-corrected chi connectivity index (χ2v) is 20.8.